The topological polar surface area (TPSA) is 3.24 Å². The van der Waals surface area contributed by atoms with Gasteiger partial charge in [0.25, 0.3) is 0 Å². The lowest BCUT2D eigenvalue weighted by atomic mass is 9.82. The smallest absolute Gasteiger partial charge is 0.0293 e. The SMILES string of the molecule is CC(C)N1CC[C@@H]2C[C@@]21C(C)(C)C. The molecule has 2 rings (SSSR count). The van der Waals surface area contributed by atoms with Crippen LogP contribution in [-0.4, -0.2) is 23.0 Å². The summed E-state index contributed by atoms with van der Waals surface area (Å²) in [5, 5.41) is 0. The third-order valence-corrected chi connectivity index (χ3v) is 4.23. The highest BCUT2D eigenvalue weighted by atomic mass is 15.3. The largest absolute Gasteiger partial charge is 0.294 e. The van der Waals surface area contributed by atoms with Crippen molar-refractivity contribution in [2.24, 2.45) is 11.3 Å². The molecule has 0 unspecified atom stereocenters. The predicted molar refractivity (Wildman–Crippen MR) is 56.8 cm³/mol. The molecule has 2 aliphatic rings. The lowest BCUT2D eigenvalue weighted by Gasteiger charge is -2.41. The molecule has 0 N–H and O–H groups in total. The zero-order chi connectivity index (χ0) is 9.85. The van der Waals surface area contributed by atoms with Crippen molar-refractivity contribution in [2.75, 3.05) is 6.54 Å². The predicted octanol–water partition coefficient (Wildman–Crippen LogP) is 2.91. The van der Waals surface area contributed by atoms with Crippen LogP contribution in [0.5, 0.6) is 0 Å². The zero-order valence-electron chi connectivity index (χ0n) is 9.72. The molecule has 1 heteroatoms. The highest BCUT2D eigenvalue weighted by molar-refractivity contribution is 5.21. The van der Waals surface area contributed by atoms with Crippen LogP contribution in [0.2, 0.25) is 0 Å². The van der Waals surface area contributed by atoms with E-state index in [2.05, 4.69) is 39.5 Å². The van der Waals surface area contributed by atoms with E-state index < -0.39 is 0 Å². The minimum atomic E-state index is 0.471. The van der Waals surface area contributed by atoms with Gasteiger partial charge >= 0.3 is 0 Å². The Hall–Kier alpha value is -0.0400. The van der Waals surface area contributed by atoms with Gasteiger partial charge in [0, 0.05) is 11.6 Å². The molecule has 1 saturated carbocycles. The van der Waals surface area contributed by atoms with Crippen LogP contribution in [0.4, 0.5) is 0 Å². The van der Waals surface area contributed by atoms with Gasteiger partial charge in [-0.2, -0.15) is 0 Å². The summed E-state index contributed by atoms with van der Waals surface area (Å²) in [6, 6.07) is 0.728. The first kappa shape index (κ1) is 9.51. The second-order valence-corrected chi connectivity index (χ2v) is 6.15. The van der Waals surface area contributed by atoms with Gasteiger partial charge in [0.2, 0.25) is 0 Å². The normalized spacial score (nSPS) is 39.7. The van der Waals surface area contributed by atoms with Crippen molar-refractivity contribution in [3.05, 3.63) is 0 Å². The van der Waals surface area contributed by atoms with Gasteiger partial charge < -0.3 is 0 Å². The molecule has 2 fully saturated rings. The Morgan fingerprint density at radius 3 is 2.23 bits per heavy atom. The monoisotopic (exact) mass is 181 g/mol. The number of fused-ring (bicyclic) bond motifs is 1. The summed E-state index contributed by atoms with van der Waals surface area (Å²) in [5.41, 5.74) is 1.04. The Morgan fingerprint density at radius 1 is 1.31 bits per heavy atom. The first-order chi connectivity index (χ1) is 5.89. The Bertz CT molecular complexity index is 214. The molecule has 1 heterocycles. The van der Waals surface area contributed by atoms with E-state index in [1.807, 2.05) is 0 Å². The standard InChI is InChI=1S/C12H23N/c1-9(2)13-7-6-10-8-12(10,13)11(3,4)5/h9-10H,6-8H2,1-5H3/t10-,12+/m1/s1. The summed E-state index contributed by atoms with van der Waals surface area (Å²) in [6.45, 7) is 13.2. The molecule has 0 radical (unpaired) electrons. The molecule has 0 amide bonds. The maximum absolute atomic E-state index is 2.75. The lowest BCUT2D eigenvalue weighted by Crippen LogP contribution is -2.48. The zero-order valence-corrected chi connectivity index (χ0v) is 9.72. The van der Waals surface area contributed by atoms with E-state index in [0.717, 1.165) is 12.0 Å². The minimum Gasteiger partial charge on any atom is -0.294 e. The molecule has 0 bridgehead atoms. The second kappa shape index (κ2) is 2.50. The minimum absolute atomic E-state index is 0.471. The fraction of sp³-hybridized carbons (Fsp3) is 1.00. The van der Waals surface area contributed by atoms with Crippen molar-refractivity contribution in [1.29, 1.82) is 0 Å². The van der Waals surface area contributed by atoms with Crippen LogP contribution in [0.1, 0.15) is 47.5 Å². The molecule has 76 valence electrons. The number of hydrogen-bond acceptors (Lipinski definition) is 1. The molecule has 0 aromatic carbocycles. The van der Waals surface area contributed by atoms with Crippen molar-refractivity contribution >= 4 is 0 Å². The van der Waals surface area contributed by atoms with Gasteiger partial charge in [0.15, 0.2) is 0 Å². The molecule has 1 nitrogen and oxygen atoms in total. The molecular formula is C12H23N. The third kappa shape index (κ3) is 1.09. The van der Waals surface area contributed by atoms with Crippen LogP contribution in [-0.2, 0) is 0 Å². The summed E-state index contributed by atoms with van der Waals surface area (Å²) in [6.07, 6.45) is 2.89. The molecule has 0 spiro atoms. The summed E-state index contributed by atoms with van der Waals surface area (Å²) < 4.78 is 0. The van der Waals surface area contributed by atoms with Gasteiger partial charge in [-0.1, -0.05) is 20.8 Å². The fourth-order valence-corrected chi connectivity index (χ4v) is 3.57. The van der Waals surface area contributed by atoms with Crippen LogP contribution in [0.3, 0.4) is 0 Å². The number of nitrogens with zero attached hydrogens (tertiary/aromatic N) is 1. The molecule has 1 aliphatic carbocycles. The Morgan fingerprint density at radius 2 is 1.92 bits per heavy atom. The van der Waals surface area contributed by atoms with Crippen LogP contribution < -0.4 is 0 Å². The van der Waals surface area contributed by atoms with E-state index in [0.29, 0.717) is 11.0 Å². The van der Waals surface area contributed by atoms with E-state index in [4.69, 9.17) is 0 Å². The van der Waals surface area contributed by atoms with E-state index >= 15 is 0 Å². The fourth-order valence-electron chi connectivity index (χ4n) is 3.57. The van der Waals surface area contributed by atoms with Crippen molar-refractivity contribution in [3.63, 3.8) is 0 Å². The van der Waals surface area contributed by atoms with E-state index in [1.54, 1.807) is 0 Å². The third-order valence-electron chi connectivity index (χ3n) is 4.23. The Balaban J connectivity index is 2.24. The molecule has 1 saturated heterocycles. The Labute approximate surface area is 82.5 Å². The van der Waals surface area contributed by atoms with Crippen molar-refractivity contribution < 1.29 is 0 Å². The summed E-state index contributed by atoms with van der Waals surface area (Å²) in [4.78, 5) is 2.75. The quantitative estimate of drug-likeness (QED) is 0.601. The average molecular weight is 181 g/mol. The summed E-state index contributed by atoms with van der Waals surface area (Å²) in [5.74, 6) is 1.01. The maximum Gasteiger partial charge on any atom is 0.0293 e. The van der Waals surface area contributed by atoms with Gasteiger partial charge in [0.05, 0.1) is 0 Å². The van der Waals surface area contributed by atoms with Crippen molar-refractivity contribution in [2.45, 2.75) is 59.0 Å². The van der Waals surface area contributed by atoms with Gasteiger partial charge in [0.1, 0.15) is 0 Å². The highest BCUT2D eigenvalue weighted by Crippen LogP contribution is 2.64. The van der Waals surface area contributed by atoms with E-state index in [-0.39, 0.29) is 0 Å². The number of hydrogen-bond donors (Lipinski definition) is 0. The number of likely N-dealkylation sites (tertiary alicyclic amines) is 1. The summed E-state index contributed by atoms with van der Waals surface area (Å²) >= 11 is 0. The first-order valence-corrected chi connectivity index (χ1v) is 5.66. The van der Waals surface area contributed by atoms with Gasteiger partial charge in [-0.15, -0.1) is 0 Å². The van der Waals surface area contributed by atoms with Gasteiger partial charge in [-0.3, -0.25) is 4.90 Å². The van der Waals surface area contributed by atoms with Gasteiger partial charge in [-0.25, -0.2) is 0 Å². The number of piperidine rings is 1. The van der Waals surface area contributed by atoms with Crippen LogP contribution in [0, 0.1) is 11.3 Å². The second-order valence-electron chi connectivity index (χ2n) is 6.15. The molecule has 0 aromatic heterocycles. The first-order valence-electron chi connectivity index (χ1n) is 5.66. The number of rotatable bonds is 1. The van der Waals surface area contributed by atoms with Crippen molar-refractivity contribution in [1.82, 2.24) is 4.90 Å². The molecular weight excluding hydrogens is 158 g/mol. The van der Waals surface area contributed by atoms with Crippen LogP contribution >= 0.6 is 0 Å². The van der Waals surface area contributed by atoms with Gasteiger partial charge in [-0.05, 0) is 44.6 Å². The average Bonchev–Trinajstić information content (AvgIpc) is 2.57. The summed E-state index contributed by atoms with van der Waals surface area (Å²) in [7, 11) is 0. The van der Waals surface area contributed by atoms with E-state index in [9.17, 15) is 0 Å². The molecule has 1 aliphatic heterocycles. The lowest BCUT2D eigenvalue weighted by molar-refractivity contribution is 0.0715. The molecule has 2 atom stereocenters. The molecule has 13 heavy (non-hydrogen) atoms. The Kier molecular flexibility index (Phi) is 1.83. The maximum atomic E-state index is 2.75. The highest BCUT2D eigenvalue weighted by Gasteiger charge is 2.67. The van der Waals surface area contributed by atoms with E-state index in [1.165, 1.54) is 19.4 Å². The van der Waals surface area contributed by atoms with Crippen molar-refractivity contribution in [3.8, 4) is 0 Å². The molecule has 0 aromatic rings. The van der Waals surface area contributed by atoms with Crippen LogP contribution in [0.15, 0.2) is 0 Å². The van der Waals surface area contributed by atoms with Crippen LogP contribution in [0.25, 0.3) is 0 Å².